The first-order valence-electron chi connectivity index (χ1n) is 5.19. The summed E-state index contributed by atoms with van der Waals surface area (Å²) < 4.78 is 26.3. The summed E-state index contributed by atoms with van der Waals surface area (Å²) in [5, 5.41) is 0.598. The van der Waals surface area contributed by atoms with Gasteiger partial charge in [-0.15, -0.1) is 0 Å². The van der Waals surface area contributed by atoms with Crippen LogP contribution in [0.25, 0.3) is 0 Å². The van der Waals surface area contributed by atoms with E-state index in [0.29, 0.717) is 17.9 Å². The van der Waals surface area contributed by atoms with Gasteiger partial charge in [-0.25, -0.2) is 8.78 Å². The van der Waals surface area contributed by atoms with Crippen molar-refractivity contribution in [3.63, 3.8) is 0 Å². The smallest absolute Gasteiger partial charge is 0.210 e. The van der Waals surface area contributed by atoms with Crippen molar-refractivity contribution < 1.29 is 8.78 Å². The lowest BCUT2D eigenvalue weighted by Crippen LogP contribution is -2.30. The average Bonchev–Trinajstić information content (AvgIpc) is 2.69. The minimum Gasteiger partial charge on any atom is -0.210 e. The van der Waals surface area contributed by atoms with Gasteiger partial charge in [0.1, 0.15) is 0 Å². The van der Waals surface area contributed by atoms with Gasteiger partial charge in [-0.05, 0) is 30.5 Å². The predicted octanol–water partition coefficient (Wildman–Crippen LogP) is 4.42. The zero-order chi connectivity index (χ0) is 10.9. The maximum absolute atomic E-state index is 13.1. The van der Waals surface area contributed by atoms with E-state index >= 15 is 0 Å². The van der Waals surface area contributed by atoms with Crippen molar-refractivity contribution in [2.24, 2.45) is 0 Å². The molecule has 0 unspecified atom stereocenters. The van der Waals surface area contributed by atoms with Crippen molar-refractivity contribution in [2.45, 2.75) is 37.5 Å². The van der Waals surface area contributed by atoms with Crippen LogP contribution in [0.3, 0.4) is 0 Å². The van der Waals surface area contributed by atoms with Crippen LogP contribution in [0.4, 0.5) is 8.78 Å². The van der Waals surface area contributed by atoms with E-state index in [0.717, 1.165) is 18.4 Å². The predicted molar refractivity (Wildman–Crippen MR) is 57.6 cm³/mol. The Balaban J connectivity index is 2.36. The first-order valence-corrected chi connectivity index (χ1v) is 5.57. The van der Waals surface area contributed by atoms with Crippen LogP contribution in [-0.2, 0) is 5.41 Å². The Morgan fingerprint density at radius 3 is 2.07 bits per heavy atom. The van der Waals surface area contributed by atoms with Crippen molar-refractivity contribution >= 4 is 11.6 Å². The summed E-state index contributed by atoms with van der Waals surface area (Å²) in [5.41, 5.74) is -0.177. The third-order valence-corrected chi connectivity index (χ3v) is 3.58. The first-order chi connectivity index (χ1) is 7.15. The fourth-order valence-corrected chi connectivity index (χ4v) is 2.55. The molecule has 0 radical (unpaired) electrons. The standard InChI is InChI=1S/C12H13ClF2/c13-10-5-3-9(4-6-10)12(11(14)15)7-1-2-8-12/h3-6,11H,1-2,7-8H2. The van der Waals surface area contributed by atoms with E-state index in [1.165, 1.54) is 0 Å². The Bertz CT molecular complexity index is 326. The Labute approximate surface area is 93.2 Å². The number of hydrogen-bond donors (Lipinski definition) is 0. The van der Waals surface area contributed by atoms with E-state index in [1.807, 2.05) is 0 Å². The molecule has 3 heteroatoms. The highest BCUT2D eigenvalue weighted by molar-refractivity contribution is 6.30. The van der Waals surface area contributed by atoms with Gasteiger partial charge in [0.2, 0.25) is 6.43 Å². The summed E-state index contributed by atoms with van der Waals surface area (Å²) in [5.74, 6) is 0. The van der Waals surface area contributed by atoms with Crippen LogP contribution < -0.4 is 0 Å². The maximum Gasteiger partial charge on any atom is 0.248 e. The van der Waals surface area contributed by atoms with E-state index in [1.54, 1.807) is 24.3 Å². The van der Waals surface area contributed by atoms with Gasteiger partial charge in [-0.1, -0.05) is 36.6 Å². The Hall–Kier alpha value is -0.630. The molecule has 0 saturated heterocycles. The van der Waals surface area contributed by atoms with Crippen LogP contribution in [0.15, 0.2) is 24.3 Å². The Kier molecular flexibility index (Phi) is 2.96. The van der Waals surface area contributed by atoms with E-state index in [2.05, 4.69) is 0 Å². The van der Waals surface area contributed by atoms with Crippen LogP contribution in [-0.4, -0.2) is 6.43 Å². The molecule has 1 saturated carbocycles. The Morgan fingerprint density at radius 2 is 1.60 bits per heavy atom. The second kappa shape index (κ2) is 4.09. The molecular formula is C12H13ClF2. The van der Waals surface area contributed by atoms with Crippen molar-refractivity contribution in [1.29, 1.82) is 0 Å². The van der Waals surface area contributed by atoms with Gasteiger partial charge in [-0.2, -0.15) is 0 Å². The molecule has 1 aliphatic carbocycles. The molecule has 0 atom stereocenters. The SMILES string of the molecule is FC(F)C1(c2ccc(Cl)cc2)CCCC1. The molecule has 1 aliphatic rings. The normalized spacial score (nSPS) is 19.7. The third kappa shape index (κ3) is 1.87. The lowest BCUT2D eigenvalue weighted by Gasteiger charge is -2.28. The van der Waals surface area contributed by atoms with Crippen LogP contribution in [0.2, 0.25) is 5.02 Å². The van der Waals surface area contributed by atoms with Crippen molar-refractivity contribution in [3.8, 4) is 0 Å². The van der Waals surface area contributed by atoms with Gasteiger partial charge in [0.25, 0.3) is 0 Å². The van der Waals surface area contributed by atoms with E-state index in [4.69, 9.17) is 11.6 Å². The van der Waals surface area contributed by atoms with E-state index in [9.17, 15) is 8.78 Å². The topological polar surface area (TPSA) is 0 Å². The van der Waals surface area contributed by atoms with Gasteiger partial charge in [0, 0.05) is 5.02 Å². The van der Waals surface area contributed by atoms with Gasteiger partial charge in [0.15, 0.2) is 0 Å². The van der Waals surface area contributed by atoms with Crippen LogP contribution >= 0.6 is 11.6 Å². The zero-order valence-corrected chi connectivity index (χ0v) is 9.11. The summed E-state index contributed by atoms with van der Waals surface area (Å²) in [6.07, 6.45) is 0.694. The molecule has 1 aromatic rings. The molecule has 0 nitrogen and oxygen atoms in total. The summed E-state index contributed by atoms with van der Waals surface area (Å²) >= 11 is 5.76. The molecule has 1 fully saturated rings. The molecule has 0 N–H and O–H groups in total. The molecule has 0 aliphatic heterocycles. The van der Waals surface area contributed by atoms with Crippen LogP contribution in [0.1, 0.15) is 31.2 Å². The van der Waals surface area contributed by atoms with Crippen molar-refractivity contribution in [1.82, 2.24) is 0 Å². The highest BCUT2D eigenvalue weighted by Crippen LogP contribution is 2.45. The fraction of sp³-hybridized carbons (Fsp3) is 0.500. The summed E-state index contributed by atoms with van der Waals surface area (Å²) in [7, 11) is 0. The molecule has 0 heterocycles. The van der Waals surface area contributed by atoms with E-state index in [-0.39, 0.29) is 0 Å². The summed E-state index contributed by atoms with van der Waals surface area (Å²) in [6.45, 7) is 0. The largest absolute Gasteiger partial charge is 0.248 e. The van der Waals surface area contributed by atoms with Crippen molar-refractivity contribution in [3.05, 3.63) is 34.9 Å². The van der Waals surface area contributed by atoms with Crippen LogP contribution in [0.5, 0.6) is 0 Å². The maximum atomic E-state index is 13.1. The van der Waals surface area contributed by atoms with Gasteiger partial charge in [-0.3, -0.25) is 0 Å². The molecular weight excluding hydrogens is 218 g/mol. The number of halogens is 3. The molecule has 15 heavy (non-hydrogen) atoms. The lowest BCUT2D eigenvalue weighted by molar-refractivity contribution is 0.0522. The van der Waals surface area contributed by atoms with Gasteiger partial charge < -0.3 is 0 Å². The monoisotopic (exact) mass is 230 g/mol. The Morgan fingerprint density at radius 1 is 1.07 bits per heavy atom. The summed E-state index contributed by atoms with van der Waals surface area (Å²) in [6, 6.07) is 6.86. The van der Waals surface area contributed by atoms with Crippen molar-refractivity contribution in [2.75, 3.05) is 0 Å². The molecule has 82 valence electrons. The third-order valence-electron chi connectivity index (χ3n) is 3.33. The number of benzene rings is 1. The van der Waals surface area contributed by atoms with Crippen LogP contribution in [0, 0.1) is 0 Å². The molecule has 1 aromatic carbocycles. The molecule has 2 rings (SSSR count). The zero-order valence-electron chi connectivity index (χ0n) is 8.35. The number of alkyl halides is 2. The molecule has 0 bridgehead atoms. The highest BCUT2D eigenvalue weighted by Gasteiger charge is 2.43. The molecule has 0 aromatic heterocycles. The van der Waals surface area contributed by atoms with E-state index < -0.39 is 11.8 Å². The second-order valence-corrected chi connectivity index (χ2v) is 4.61. The molecule has 0 spiro atoms. The molecule has 0 amide bonds. The number of rotatable bonds is 2. The average molecular weight is 231 g/mol. The lowest BCUT2D eigenvalue weighted by atomic mass is 9.79. The summed E-state index contributed by atoms with van der Waals surface area (Å²) in [4.78, 5) is 0. The fourth-order valence-electron chi connectivity index (χ4n) is 2.42. The number of hydrogen-bond acceptors (Lipinski definition) is 0. The second-order valence-electron chi connectivity index (χ2n) is 4.17. The quantitative estimate of drug-likeness (QED) is 0.706. The minimum absolute atomic E-state index is 0.590. The first kappa shape index (κ1) is 10.9. The van der Waals surface area contributed by atoms with Gasteiger partial charge in [0.05, 0.1) is 5.41 Å². The van der Waals surface area contributed by atoms with Gasteiger partial charge >= 0.3 is 0 Å². The minimum atomic E-state index is -2.28. The highest BCUT2D eigenvalue weighted by atomic mass is 35.5.